The molecule has 0 saturated carbocycles. The van der Waals surface area contributed by atoms with Gasteiger partial charge >= 0.3 is 0 Å². The fraction of sp³-hybridized carbons (Fsp3) is 0.562. The summed E-state index contributed by atoms with van der Waals surface area (Å²) in [6, 6.07) is 4.01. The second-order valence-electron chi connectivity index (χ2n) is 5.90. The molecule has 0 bridgehead atoms. The van der Waals surface area contributed by atoms with E-state index in [0.717, 1.165) is 50.9 Å². The number of carbonyl (C=O) groups is 1. The second-order valence-corrected chi connectivity index (χ2v) is 5.90. The molecule has 22 heavy (non-hydrogen) atoms. The maximum Gasteiger partial charge on any atom is 0.274 e. The average Bonchev–Trinajstić information content (AvgIpc) is 3.19. The maximum atomic E-state index is 12.8. The quantitative estimate of drug-likeness (QED) is 0.921. The van der Waals surface area contributed by atoms with Gasteiger partial charge in [0.05, 0.1) is 12.6 Å². The Kier molecular flexibility index (Phi) is 4.56. The first-order valence-corrected chi connectivity index (χ1v) is 8.10. The number of carbonyl (C=O) groups excluding carboxylic acids is 1. The number of H-pyrrole nitrogens is 1. The summed E-state index contributed by atoms with van der Waals surface area (Å²) in [5, 5.41) is 11.4. The Hall–Kier alpha value is -2.11. The Morgan fingerprint density at radius 1 is 1.45 bits per heavy atom. The van der Waals surface area contributed by atoms with Crippen LogP contribution in [0.4, 0.5) is 0 Å². The molecule has 2 aromatic heterocycles. The SMILES string of the molecule is CCCc1cc(C(=O)N2CCCCC2Cn2cccn2)n[nH]1. The zero-order valence-electron chi connectivity index (χ0n) is 13.0. The number of likely N-dealkylation sites (tertiary alicyclic amines) is 1. The maximum absolute atomic E-state index is 12.8. The molecule has 0 spiro atoms. The van der Waals surface area contributed by atoms with Gasteiger partial charge in [-0.3, -0.25) is 14.6 Å². The summed E-state index contributed by atoms with van der Waals surface area (Å²) < 4.78 is 1.91. The number of aromatic nitrogens is 4. The molecule has 118 valence electrons. The molecule has 6 nitrogen and oxygen atoms in total. The standard InChI is InChI=1S/C16H23N5O/c1-2-6-13-11-15(19-18-13)16(22)21-10-4-3-7-14(21)12-20-9-5-8-17-20/h5,8-9,11,14H,2-4,6-7,10,12H2,1H3,(H,18,19). The van der Waals surface area contributed by atoms with Gasteiger partial charge in [-0.2, -0.15) is 10.2 Å². The van der Waals surface area contributed by atoms with Crippen LogP contribution in [-0.2, 0) is 13.0 Å². The molecule has 3 rings (SSSR count). The number of rotatable bonds is 5. The molecule has 1 N–H and O–H groups in total. The van der Waals surface area contributed by atoms with E-state index in [2.05, 4.69) is 22.2 Å². The highest BCUT2D eigenvalue weighted by Crippen LogP contribution is 2.20. The minimum absolute atomic E-state index is 0.0375. The van der Waals surface area contributed by atoms with E-state index >= 15 is 0 Å². The van der Waals surface area contributed by atoms with Crippen LogP contribution in [0.5, 0.6) is 0 Å². The molecule has 0 aliphatic carbocycles. The molecule has 1 amide bonds. The number of amides is 1. The number of hydrogen-bond acceptors (Lipinski definition) is 3. The summed E-state index contributed by atoms with van der Waals surface area (Å²) in [6.45, 7) is 3.68. The Labute approximate surface area is 130 Å². The molecule has 1 unspecified atom stereocenters. The largest absolute Gasteiger partial charge is 0.332 e. The number of hydrogen-bond donors (Lipinski definition) is 1. The van der Waals surface area contributed by atoms with Crippen LogP contribution in [0, 0.1) is 0 Å². The summed E-state index contributed by atoms with van der Waals surface area (Å²) in [4.78, 5) is 14.7. The van der Waals surface area contributed by atoms with Gasteiger partial charge in [0, 0.05) is 24.6 Å². The van der Waals surface area contributed by atoms with Crippen molar-refractivity contribution in [1.29, 1.82) is 0 Å². The topological polar surface area (TPSA) is 66.8 Å². The predicted molar refractivity (Wildman–Crippen MR) is 83.5 cm³/mol. The van der Waals surface area contributed by atoms with Gasteiger partial charge in [-0.05, 0) is 37.8 Å². The van der Waals surface area contributed by atoms with E-state index in [1.807, 2.05) is 27.9 Å². The lowest BCUT2D eigenvalue weighted by Gasteiger charge is -2.35. The van der Waals surface area contributed by atoms with Crippen molar-refractivity contribution in [1.82, 2.24) is 24.9 Å². The Bertz CT molecular complexity index is 604. The summed E-state index contributed by atoms with van der Waals surface area (Å²) >= 11 is 0. The van der Waals surface area contributed by atoms with Crippen molar-refractivity contribution in [2.24, 2.45) is 0 Å². The number of aromatic amines is 1. The van der Waals surface area contributed by atoms with E-state index in [0.29, 0.717) is 5.69 Å². The van der Waals surface area contributed by atoms with E-state index in [9.17, 15) is 4.79 Å². The summed E-state index contributed by atoms with van der Waals surface area (Å²) in [5.74, 6) is 0.0375. The summed E-state index contributed by atoms with van der Waals surface area (Å²) in [7, 11) is 0. The third-order valence-corrected chi connectivity index (χ3v) is 4.21. The van der Waals surface area contributed by atoms with E-state index < -0.39 is 0 Å². The third kappa shape index (κ3) is 3.21. The lowest BCUT2D eigenvalue weighted by Crippen LogP contribution is -2.46. The molecular weight excluding hydrogens is 278 g/mol. The van der Waals surface area contributed by atoms with Gasteiger partial charge in [0.2, 0.25) is 0 Å². The monoisotopic (exact) mass is 301 g/mol. The second kappa shape index (κ2) is 6.77. The molecule has 0 aromatic carbocycles. The molecule has 2 aromatic rings. The molecule has 0 radical (unpaired) electrons. The smallest absolute Gasteiger partial charge is 0.274 e. The molecule has 6 heteroatoms. The van der Waals surface area contributed by atoms with Gasteiger partial charge < -0.3 is 4.90 Å². The zero-order chi connectivity index (χ0) is 15.4. The van der Waals surface area contributed by atoms with Crippen LogP contribution < -0.4 is 0 Å². The fourth-order valence-corrected chi connectivity index (χ4v) is 3.10. The van der Waals surface area contributed by atoms with Crippen LogP contribution in [0.1, 0.15) is 48.8 Å². The minimum atomic E-state index is 0.0375. The number of aryl methyl sites for hydroxylation is 1. The molecule has 1 aliphatic heterocycles. The van der Waals surface area contributed by atoms with Crippen molar-refractivity contribution in [3.05, 3.63) is 35.9 Å². The first-order valence-electron chi connectivity index (χ1n) is 8.10. The molecule has 3 heterocycles. The first kappa shape index (κ1) is 14.8. The highest BCUT2D eigenvalue weighted by molar-refractivity contribution is 5.92. The van der Waals surface area contributed by atoms with Crippen LogP contribution in [0.25, 0.3) is 0 Å². The molecule has 1 fully saturated rings. The van der Waals surface area contributed by atoms with Crippen molar-refractivity contribution in [2.45, 2.75) is 51.6 Å². The molecule has 1 aliphatic rings. The van der Waals surface area contributed by atoms with Gasteiger partial charge in [0.15, 0.2) is 0 Å². The van der Waals surface area contributed by atoms with Crippen LogP contribution in [0.3, 0.4) is 0 Å². The number of piperidine rings is 1. The molecular formula is C16H23N5O. The van der Waals surface area contributed by atoms with Crippen molar-refractivity contribution in [3.63, 3.8) is 0 Å². The Morgan fingerprint density at radius 2 is 2.36 bits per heavy atom. The number of nitrogens with one attached hydrogen (secondary N) is 1. The lowest BCUT2D eigenvalue weighted by atomic mass is 10.0. The van der Waals surface area contributed by atoms with Crippen molar-refractivity contribution in [3.8, 4) is 0 Å². The highest BCUT2D eigenvalue weighted by atomic mass is 16.2. The summed E-state index contributed by atoms with van der Waals surface area (Å²) in [6.07, 6.45) is 8.95. The van der Waals surface area contributed by atoms with E-state index in [1.54, 1.807) is 6.20 Å². The van der Waals surface area contributed by atoms with Crippen LogP contribution in [0.15, 0.2) is 24.5 Å². The lowest BCUT2D eigenvalue weighted by molar-refractivity contribution is 0.0578. The molecule has 1 saturated heterocycles. The normalized spacial score (nSPS) is 18.6. The van der Waals surface area contributed by atoms with Crippen LogP contribution in [0.2, 0.25) is 0 Å². The van der Waals surface area contributed by atoms with Gasteiger partial charge in [-0.15, -0.1) is 0 Å². The zero-order valence-corrected chi connectivity index (χ0v) is 13.0. The van der Waals surface area contributed by atoms with Gasteiger partial charge in [0.1, 0.15) is 5.69 Å². The fourth-order valence-electron chi connectivity index (χ4n) is 3.10. The van der Waals surface area contributed by atoms with Crippen molar-refractivity contribution in [2.75, 3.05) is 6.54 Å². The third-order valence-electron chi connectivity index (χ3n) is 4.21. The first-order chi connectivity index (χ1) is 10.8. The highest BCUT2D eigenvalue weighted by Gasteiger charge is 2.29. The van der Waals surface area contributed by atoms with Crippen molar-refractivity contribution >= 4 is 5.91 Å². The predicted octanol–water partition coefficient (Wildman–Crippen LogP) is 2.25. The van der Waals surface area contributed by atoms with E-state index in [-0.39, 0.29) is 11.9 Å². The Balaban J connectivity index is 1.72. The number of nitrogens with zero attached hydrogens (tertiary/aromatic N) is 4. The van der Waals surface area contributed by atoms with Gasteiger partial charge in [-0.1, -0.05) is 13.3 Å². The van der Waals surface area contributed by atoms with E-state index in [4.69, 9.17) is 0 Å². The van der Waals surface area contributed by atoms with E-state index in [1.165, 1.54) is 0 Å². The average molecular weight is 301 g/mol. The van der Waals surface area contributed by atoms with Gasteiger partial charge in [0.25, 0.3) is 5.91 Å². The Morgan fingerprint density at radius 3 is 3.14 bits per heavy atom. The summed E-state index contributed by atoms with van der Waals surface area (Å²) in [5.41, 5.74) is 1.57. The molecule has 1 atom stereocenters. The van der Waals surface area contributed by atoms with Crippen LogP contribution in [-0.4, -0.2) is 43.4 Å². The minimum Gasteiger partial charge on any atom is -0.332 e. The van der Waals surface area contributed by atoms with Gasteiger partial charge in [-0.25, -0.2) is 0 Å². The van der Waals surface area contributed by atoms with Crippen LogP contribution >= 0.6 is 0 Å². The van der Waals surface area contributed by atoms with Crippen molar-refractivity contribution < 1.29 is 4.79 Å².